The molecule has 23 heavy (non-hydrogen) atoms. The zero-order valence-corrected chi connectivity index (χ0v) is 14.7. The minimum atomic E-state index is 0.507. The Kier molecular flexibility index (Phi) is 2.99. The monoisotopic (exact) mass is 406 g/mol. The van der Waals surface area contributed by atoms with E-state index in [1.165, 1.54) is 42.2 Å². The van der Waals surface area contributed by atoms with E-state index < -0.39 is 0 Å². The Hall–Kier alpha value is -1.87. The lowest BCUT2D eigenvalue weighted by Crippen LogP contribution is -2.15. The van der Waals surface area contributed by atoms with E-state index in [1.807, 2.05) is 0 Å². The Morgan fingerprint density at radius 2 is 1.78 bits per heavy atom. The van der Waals surface area contributed by atoms with Gasteiger partial charge in [-0.1, -0.05) is 60.7 Å². The van der Waals surface area contributed by atoms with Gasteiger partial charge in [-0.3, -0.25) is 0 Å². The van der Waals surface area contributed by atoms with Crippen molar-refractivity contribution >= 4 is 51.1 Å². The third kappa shape index (κ3) is 2.03. The van der Waals surface area contributed by atoms with Gasteiger partial charge in [-0.2, -0.15) is 0 Å². The van der Waals surface area contributed by atoms with Crippen LogP contribution in [-0.4, -0.2) is 0 Å². The minimum Gasteiger partial charge on any atom is -0.0760 e. The Morgan fingerprint density at radius 3 is 2.74 bits per heavy atom. The van der Waals surface area contributed by atoms with Crippen LogP contribution in [0.25, 0.3) is 28.5 Å². The van der Waals surface area contributed by atoms with E-state index in [-0.39, 0.29) is 0 Å². The van der Waals surface area contributed by atoms with Gasteiger partial charge in [-0.25, -0.2) is 0 Å². The predicted octanol–water partition coefficient (Wildman–Crippen LogP) is 6.18. The predicted molar refractivity (Wildman–Crippen MR) is 107 cm³/mol. The Bertz CT molecular complexity index is 1010. The largest absolute Gasteiger partial charge is 0.0760 e. The second-order valence-corrected chi connectivity index (χ2v) is 7.49. The van der Waals surface area contributed by atoms with Gasteiger partial charge in [0.05, 0.1) is 0 Å². The van der Waals surface area contributed by atoms with E-state index in [0.717, 1.165) is 6.42 Å². The van der Waals surface area contributed by atoms with Crippen LogP contribution in [-0.2, 0) is 6.42 Å². The lowest BCUT2D eigenvalue weighted by atomic mass is 9.75. The quantitative estimate of drug-likeness (QED) is 0.391. The molecule has 0 amide bonds. The number of benzene rings is 3. The number of allylic oxidation sites excluding steroid dienone is 2. The van der Waals surface area contributed by atoms with Gasteiger partial charge in [0.25, 0.3) is 0 Å². The standard InChI is InChI=1S/C22H15I/c23-22-12-15-6-2-4-8-18(15)20-13-19-16(11-21(20)22)10-9-14-5-1-3-7-17(14)19/h1-10,12-13,16H,11H2. The van der Waals surface area contributed by atoms with Gasteiger partial charge in [-0.15, -0.1) is 0 Å². The highest BCUT2D eigenvalue weighted by atomic mass is 127. The number of fused-ring (bicyclic) bond motifs is 6. The number of hydrogen-bond acceptors (Lipinski definition) is 0. The molecule has 0 heterocycles. The summed E-state index contributed by atoms with van der Waals surface area (Å²) in [6.45, 7) is 0. The molecule has 0 bridgehead atoms. The summed E-state index contributed by atoms with van der Waals surface area (Å²) in [5, 5.41) is 2.71. The maximum atomic E-state index is 2.50. The van der Waals surface area contributed by atoms with Gasteiger partial charge in [0, 0.05) is 9.49 Å². The lowest BCUT2D eigenvalue weighted by molar-refractivity contribution is 0.812. The van der Waals surface area contributed by atoms with Gasteiger partial charge < -0.3 is 0 Å². The average Bonchev–Trinajstić information content (AvgIpc) is 2.60. The molecule has 5 rings (SSSR count). The SMILES string of the molecule is Ic1cc2ccccc2c2c1CC1C=Cc3ccccc3C1=C2. The van der Waals surface area contributed by atoms with E-state index in [0.29, 0.717) is 5.92 Å². The van der Waals surface area contributed by atoms with E-state index in [4.69, 9.17) is 0 Å². The molecule has 110 valence electrons. The first kappa shape index (κ1) is 13.6. The molecule has 3 aromatic carbocycles. The van der Waals surface area contributed by atoms with Crippen LogP contribution in [0.4, 0.5) is 0 Å². The molecule has 1 unspecified atom stereocenters. The van der Waals surface area contributed by atoms with Crippen LogP contribution in [0.2, 0.25) is 0 Å². The summed E-state index contributed by atoms with van der Waals surface area (Å²) in [5.41, 5.74) is 7.13. The van der Waals surface area contributed by atoms with E-state index in [9.17, 15) is 0 Å². The average molecular weight is 406 g/mol. The molecule has 1 atom stereocenters. The molecule has 3 aromatic rings. The van der Waals surface area contributed by atoms with Crippen molar-refractivity contribution in [2.24, 2.45) is 5.92 Å². The third-order valence-electron chi connectivity index (χ3n) is 5.05. The Balaban J connectivity index is 1.84. The number of rotatable bonds is 0. The number of halogens is 1. The van der Waals surface area contributed by atoms with Gasteiger partial charge in [-0.05, 0) is 79.8 Å². The normalized spacial score (nSPS) is 18.1. The first-order chi connectivity index (χ1) is 11.3. The van der Waals surface area contributed by atoms with E-state index in [1.54, 1.807) is 0 Å². The molecule has 0 aromatic heterocycles. The van der Waals surface area contributed by atoms with Crippen molar-refractivity contribution < 1.29 is 0 Å². The van der Waals surface area contributed by atoms with Gasteiger partial charge in [0.2, 0.25) is 0 Å². The smallest absolute Gasteiger partial charge is 0.0175 e. The first-order valence-corrected chi connectivity index (χ1v) is 9.08. The molecule has 1 heteroatoms. The van der Waals surface area contributed by atoms with Crippen molar-refractivity contribution in [1.29, 1.82) is 0 Å². The summed E-state index contributed by atoms with van der Waals surface area (Å²) >= 11 is 2.50. The summed E-state index contributed by atoms with van der Waals surface area (Å²) in [4.78, 5) is 0. The summed E-state index contributed by atoms with van der Waals surface area (Å²) < 4.78 is 1.39. The topological polar surface area (TPSA) is 0 Å². The van der Waals surface area contributed by atoms with Crippen LogP contribution in [0.5, 0.6) is 0 Å². The molecule has 0 nitrogen and oxygen atoms in total. The summed E-state index contributed by atoms with van der Waals surface area (Å²) in [7, 11) is 0. The van der Waals surface area contributed by atoms with Crippen molar-refractivity contribution in [3.8, 4) is 0 Å². The summed E-state index contributed by atoms with van der Waals surface area (Å²) in [6.07, 6.45) is 8.21. The zero-order chi connectivity index (χ0) is 15.4. The second-order valence-electron chi connectivity index (χ2n) is 6.33. The van der Waals surface area contributed by atoms with Crippen molar-refractivity contribution in [3.05, 3.63) is 86.5 Å². The molecule has 0 fully saturated rings. The van der Waals surface area contributed by atoms with Crippen LogP contribution in [0.1, 0.15) is 22.3 Å². The van der Waals surface area contributed by atoms with Crippen molar-refractivity contribution in [2.75, 3.05) is 0 Å². The molecule has 0 radical (unpaired) electrons. The van der Waals surface area contributed by atoms with Crippen LogP contribution in [0.3, 0.4) is 0 Å². The fourth-order valence-electron chi connectivity index (χ4n) is 3.92. The van der Waals surface area contributed by atoms with Crippen molar-refractivity contribution in [2.45, 2.75) is 6.42 Å². The van der Waals surface area contributed by atoms with Crippen LogP contribution < -0.4 is 0 Å². The fraction of sp³-hybridized carbons (Fsp3) is 0.0909. The highest BCUT2D eigenvalue weighted by Crippen LogP contribution is 2.43. The van der Waals surface area contributed by atoms with E-state index in [2.05, 4.69) is 95.4 Å². The summed E-state index contributed by atoms with van der Waals surface area (Å²) in [6, 6.07) is 19.8. The highest BCUT2D eigenvalue weighted by molar-refractivity contribution is 14.1. The van der Waals surface area contributed by atoms with Gasteiger partial charge in [0.15, 0.2) is 0 Å². The lowest BCUT2D eigenvalue weighted by Gasteiger charge is -2.29. The molecule has 0 spiro atoms. The molecule has 2 aliphatic carbocycles. The third-order valence-corrected chi connectivity index (χ3v) is 6.01. The molecule has 0 saturated carbocycles. The molecular formula is C22H15I. The molecule has 2 aliphatic rings. The second kappa shape index (κ2) is 5.07. The van der Waals surface area contributed by atoms with Gasteiger partial charge in [0.1, 0.15) is 0 Å². The molecule has 0 saturated heterocycles. The maximum Gasteiger partial charge on any atom is 0.0175 e. The maximum absolute atomic E-state index is 2.50. The number of hydrogen-bond donors (Lipinski definition) is 0. The van der Waals surface area contributed by atoms with Crippen LogP contribution in [0, 0.1) is 9.49 Å². The highest BCUT2D eigenvalue weighted by Gasteiger charge is 2.26. The Labute approximate surface area is 149 Å². The molecular weight excluding hydrogens is 391 g/mol. The van der Waals surface area contributed by atoms with E-state index >= 15 is 0 Å². The van der Waals surface area contributed by atoms with Crippen molar-refractivity contribution in [3.63, 3.8) is 0 Å². The Morgan fingerprint density at radius 1 is 0.957 bits per heavy atom. The summed E-state index contributed by atoms with van der Waals surface area (Å²) in [5.74, 6) is 0.507. The van der Waals surface area contributed by atoms with Crippen LogP contribution >= 0.6 is 22.6 Å². The zero-order valence-electron chi connectivity index (χ0n) is 12.6. The van der Waals surface area contributed by atoms with Crippen molar-refractivity contribution in [1.82, 2.24) is 0 Å². The molecule has 0 N–H and O–H groups in total. The molecule has 0 aliphatic heterocycles. The van der Waals surface area contributed by atoms with Crippen LogP contribution in [0.15, 0.2) is 60.7 Å². The fourth-order valence-corrected chi connectivity index (χ4v) is 4.77. The minimum absolute atomic E-state index is 0.507. The van der Waals surface area contributed by atoms with Gasteiger partial charge >= 0.3 is 0 Å². The first-order valence-electron chi connectivity index (χ1n) is 8.00.